The molecular weight excluding hydrogens is 258 g/mol. The highest BCUT2D eigenvalue weighted by Gasteiger charge is 2.14. The van der Waals surface area contributed by atoms with Gasteiger partial charge in [-0.05, 0) is 5.56 Å². The summed E-state index contributed by atoms with van der Waals surface area (Å²) in [5.74, 6) is -0.386. The quantitative estimate of drug-likeness (QED) is 0.854. The van der Waals surface area contributed by atoms with Crippen LogP contribution in [0.2, 0.25) is 0 Å². The Kier molecular flexibility index (Phi) is 6.10. The zero-order chi connectivity index (χ0) is 12.7. The lowest BCUT2D eigenvalue weighted by Gasteiger charge is -2.04. The van der Waals surface area contributed by atoms with Gasteiger partial charge < -0.3 is 10.8 Å². The van der Waals surface area contributed by atoms with Crippen LogP contribution in [0.5, 0.6) is 0 Å². The first-order valence-electron chi connectivity index (χ1n) is 4.91. The largest absolute Gasteiger partial charge is 0.480 e. The number of nitrogens with two attached hydrogens (primary N) is 1. The maximum atomic E-state index is 11.4. The lowest BCUT2D eigenvalue weighted by atomic mass is 10.2. The van der Waals surface area contributed by atoms with Crippen LogP contribution in [0.3, 0.4) is 0 Å². The molecule has 0 fully saturated rings. The third-order valence-corrected chi connectivity index (χ3v) is 4.08. The average Bonchev–Trinajstić information content (AvgIpc) is 2.34. The van der Waals surface area contributed by atoms with Crippen molar-refractivity contribution in [3.05, 3.63) is 35.9 Å². The molecule has 1 aromatic carbocycles. The molecule has 4 nitrogen and oxygen atoms in total. The Morgan fingerprint density at radius 1 is 1.24 bits per heavy atom. The van der Waals surface area contributed by atoms with E-state index in [1.165, 1.54) is 0 Å². The van der Waals surface area contributed by atoms with E-state index in [4.69, 9.17) is 10.8 Å². The summed E-state index contributed by atoms with van der Waals surface area (Å²) >= 11 is 2.11. The molecule has 0 aromatic heterocycles. The van der Waals surface area contributed by atoms with Gasteiger partial charge in [0.25, 0.3) is 0 Å². The molecule has 0 spiro atoms. The van der Waals surface area contributed by atoms with E-state index in [2.05, 4.69) is 0 Å². The fourth-order valence-electron chi connectivity index (χ4n) is 0.987. The highest BCUT2D eigenvalue weighted by Crippen LogP contribution is 2.21. The van der Waals surface area contributed by atoms with E-state index in [0.29, 0.717) is 5.75 Å². The molecule has 0 saturated carbocycles. The second-order valence-corrected chi connectivity index (χ2v) is 5.48. The van der Waals surface area contributed by atoms with Crippen molar-refractivity contribution in [2.45, 2.75) is 11.8 Å². The van der Waals surface area contributed by atoms with E-state index in [0.717, 1.165) is 29.1 Å². The lowest BCUT2D eigenvalue weighted by molar-refractivity contribution is -0.137. The molecule has 0 bridgehead atoms. The number of benzene rings is 1. The molecule has 1 aromatic rings. The predicted octanol–water partition coefficient (Wildman–Crippen LogP) is 2.18. The van der Waals surface area contributed by atoms with Gasteiger partial charge in [-0.1, -0.05) is 53.9 Å². The summed E-state index contributed by atoms with van der Waals surface area (Å²) < 4.78 is -0.106. The minimum atomic E-state index is -1.08. The van der Waals surface area contributed by atoms with Gasteiger partial charge in [0.05, 0.1) is 0 Å². The molecule has 0 aliphatic rings. The summed E-state index contributed by atoms with van der Waals surface area (Å²) in [7, 11) is 0. The van der Waals surface area contributed by atoms with Crippen molar-refractivity contribution < 1.29 is 14.7 Å². The van der Waals surface area contributed by atoms with Crippen LogP contribution >= 0.6 is 23.5 Å². The SMILES string of the molecule is NC(CSC(=O)SCc1ccccc1)C(=O)O. The summed E-state index contributed by atoms with van der Waals surface area (Å²) in [5.41, 5.74) is 6.35. The number of carbonyl (C=O) groups is 2. The van der Waals surface area contributed by atoms with Crippen molar-refractivity contribution in [1.82, 2.24) is 0 Å². The Balaban J connectivity index is 2.24. The number of carboxylic acids is 1. The van der Waals surface area contributed by atoms with E-state index in [1.807, 2.05) is 30.3 Å². The standard InChI is InChI=1S/C11H13NO3S2/c12-9(10(13)14)7-17-11(15)16-6-8-4-2-1-3-5-8/h1-5,9H,6-7,12H2,(H,13,14). The molecule has 17 heavy (non-hydrogen) atoms. The predicted molar refractivity (Wildman–Crippen MR) is 71.2 cm³/mol. The van der Waals surface area contributed by atoms with E-state index in [1.54, 1.807) is 0 Å². The number of hydrogen-bond donors (Lipinski definition) is 2. The van der Waals surface area contributed by atoms with Gasteiger partial charge in [0, 0.05) is 11.5 Å². The van der Waals surface area contributed by atoms with Crippen molar-refractivity contribution in [3.8, 4) is 0 Å². The smallest absolute Gasteiger partial charge is 0.321 e. The van der Waals surface area contributed by atoms with Gasteiger partial charge in [-0.25, -0.2) is 0 Å². The number of thioether (sulfide) groups is 2. The number of rotatable bonds is 5. The van der Waals surface area contributed by atoms with Crippen LogP contribution in [0, 0.1) is 0 Å². The summed E-state index contributed by atoms with van der Waals surface area (Å²) in [6, 6.07) is 8.63. The molecule has 1 atom stereocenters. The van der Waals surface area contributed by atoms with Crippen LogP contribution in [0.25, 0.3) is 0 Å². The van der Waals surface area contributed by atoms with Gasteiger partial charge in [0.15, 0.2) is 0 Å². The molecule has 92 valence electrons. The van der Waals surface area contributed by atoms with Crippen LogP contribution in [-0.4, -0.2) is 27.3 Å². The number of aliphatic carboxylic acids is 1. The lowest BCUT2D eigenvalue weighted by Crippen LogP contribution is -2.32. The summed E-state index contributed by atoms with van der Waals surface area (Å²) in [5, 5.41) is 8.55. The molecule has 0 aliphatic heterocycles. The van der Waals surface area contributed by atoms with Crippen LogP contribution in [0.15, 0.2) is 30.3 Å². The van der Waals surface area contributed by atoms with Crippen LogP contribution in [0.1, 0.15) is 5.56 Å². The fourth-order valence-corrected chi connectivity index (χ4v) is 2.64. The van der Waals surface area contributed by atoms with Gasteiger partial charge in [-0.2, -0.15) is 0 Å². The van der Waals surface area contributed by atoms with Gasteiger partial charge in [-0.3, -0.25) is 9.59 Å². The molecule has 6 heteroatoms. The molecule has 0 heterocycles. The number of hydrogen-bond acceptors (Lipinski definition) is 5. The van der Waals surface area contributed by atoms with E-state index < -0.39 is 12.0 Å². The molecule has 0 amide bonds. The van der Waals surface area contributed by atoms with E-state index >= 15 is 0 Å². The number of carboxylic acid groups (broad SMARTS) is 1. The highest BCUT2D eigenvalue weighted by molar-refractivity contribution is 8.38. The molecule has 0 aliphatic carbocycles. The van der Waals surface area contributed by atoms with Crippen LogP contribution < -0.4 is 5.73 Å². The molecule has 0 radical (unpaired) electrons. The van der Waals surface area contributed by atoms with Crippen molar-refractivity contribution >= 4 is 33.9 Å². The second-order valence-electron chi connectivity index (χ2n) is 3.28. The first kappa shape index (κ1) is 14.1. The third kappa shape index (κ3) is 5.76. The second kappa shape index (κ2) is 7.37. The van der Waals surface area contributed by atoms with Crippen LogP contribution in [0.4, 0.5) is 4.79 Å². The van der Waals surface area contributed by atoms with Crippen molar-refractivity contribution in [2.75, 3.05) is 5.75 Å². The first-order chi connectivity index (χ1) is 8.09. The monoisotopic (exact) mass is 271 g/mol. The third-order valence-electron chi connectivity index (χ3n) is 1.90. The Hall–Kier alpha value is -0.980. The summed E-state index contributed by atoms with van der Waals surface area (Å²) in [6.45, 7) is 0. The Morgan fingerprint density at radius 2 is 1.88 bits per heavy atom. The summed E-state index contributed by atoms with van der Waals surface area (Å²) in [6.07, 6.45) is 0. The van der Waals surface area contributed by atoms with E-state index in [-0.39, 0.29) is 10.2 Å². The van der Waals surface area contributed by atoms with Crippen molar-refractivity contribution in [3.63, 3.8) is 0 Å². The minimum absolute atomic E-state index is 0.106. The van der Waals surface area contributed by atoms with E-state index in [9.17, 15) is 9.59 Å². The van der Waals surface area contributed by atoms with Gasteiger partial charge >= 0.3 is 5.97 Å². The van der Waals surface area contributed by atoms with Gasteiger partial charge in [0.2, 0.25) is 4.45 Å². The maximum Gasteiger partial charge on any atom is 0.321 e. The first-order valence-corrected chi connectivity index (χ1v) is 6.88. The van der Waals surface area contributed by atoms with Gasteiger partial charge in [-0.15, -0.1) is 0 Å². The minimum Gasteiger partial charge on any atom is -0.480 e. The normalized spacial score (nSPS) is 12.1. The Morgan fingerprint density at radius 3 is 2.47 bits per heavy atom. The van der Waals surface area contributed by atoms with Crippen molar-refractivity contribution in [2.24, 2.45) is 5.73 Å². The molecule has 1 unspecified atom stereocenters. The highest BCUT2D eigenvalue weighted by atomic mass is 32.2. The molecule has 0 saturated heterocycles. The number of carbonyl (C=O) groups excluding carboxylic acids is 1. The summed E-state index contributed by atoms with van der Waals surface area (Å²) in [4.78, 5) is 21.9. The Bertz CT molecular complexity index is 384. The Labute approximate surface area is 108 Å². The molecular formula is C11H13NO3S2. The topological polar surface area (TPSA) is 80.4 Å². The average molecular weight is 271 g/mol. The fraction of sp³-hybridized carbons (Fsp3) is 0.273. The van der Waals surface area contributed by atoms with Crippen LogP contribution in [-0.2, 0) is 10.5 Å². The zero-order valence-electron chi connectivity index (χ0n) is 9.04. The van der Waals surface area contributed by atoms with Gasteiger partial charge in [0.1, 0.15) is 6.04 Å². The maximum absolute atomic E-state index is 11.4. The zero-order valence-corrected chi connectivity index (χ0v) is 10.7. The molecule has 1 rings (SSSR count). The molecule has 3 N–H and O–H groups in total. The van der Waals surface area contributed by atoms with Crippen molar-refractivity contribution in [1.29, 1.82) is 0 Å².